The van der Waals surface area contributed by atoms with Crippen LogP contribution < -0.4 is 15.0 Å². The Hall–Kier alpha value is -3.93. The maximum atomic E-state index is 13.6. The van der Waals surface area contributed by atoms with Gasteiger partial charge in [-0.25, -0.2) is 9.29 Å². The average Bonchev–Trinajstić information content (AvgIpc) is 3.05. The van der Waals surface area contributed by atoms with Gasteiger partial charge < -0.3 is 10.1 Å². The second-order valence-corrected chi connectivity index (χ2v) is 7.92. The van der Waals surface area contributed by atoms with Crippen LogP contribution in [0, 0.1) is 19.7 Å². The number of benzene rings is 3. The topological polar surface area (TPSA) is 58.6 Å². The Morgan fingerprint density at radius 3 is 2.27 bits per heavy atom. The van der Waals surface area contributed by atoms with Gasteiger partial charge in [0.25, 0.3) is 11.8 Å². The predicted octanol–water partition coefficient (Wildman–Crippen LogP) is 5.63. The summed E-state index contributed by atoms with van der Waals surface area (Å²) >= 11 is 0. The maximum Gasteiger partial charge on any atom is 0.282 e. The summed E-state index contributed by atoms with van der Waals surface area (Å²) in [6, 6.07) is 18.3. The van der Waals surface area contributed by atoms with E-state index in [-0.39, 0.29) is 17.1 Å². The van der Waals surface area contributed by atoms with Gasteiger partial charge in [0.1, 0.15) is 17.3 Å². The van der Waals surface area contributed by atoms with Crippen molar-refractivity contribution in [2.24, 2.45) is 0 Å². The molecule has 33 heavy (non-hydrogen) atoms. The molecule has 1 N–H and O–H groups in total. The van der Waals surface area contributed by atoms with Crippen molar-refractivity contribution in [2.45, 2.75) is 27.2 Å². The van der Waals surface area contributed by atoms with Gasteiger partial charge in [-0.2, -0.15) is 0 Å². The van der Waals surface area contributed by atoms with Crippen molar-refractivity contribution in [1.29, 1.82) is 0 Å². The zero-order valence-corrected chi connectivity index (χ0v) is 18.8. The third kappa shape index (κ3) is 4.37. The van der Waals surface area contributed by atoms with Crippen molar-refractivity contribution in [3.63, 3.8) is 0 Å². The number of hydrogen-bond donors (Lipinski definition) is 1. The summed E-state index contributed by atoms with van der Waals surface area (Å²) in [5.74, 6) is -0.569. The molecule has 3 aromatic rings. The molecule has 0 saturated carbocycles. The summed E-state index contributed by atoms with van der Waals surface area (Å²) in [5, 5.41) is 3.05. The second kappa shape index (κ2) is 9.28. The molecule has 2 amide bonds. The normalized spacial score (nSPS) is 13.6. The minimum absolute atomic E-state index is 0.148. The van der Waals surface area contributed by atoms with Gasteiger partial charge in [-0.1, -0.05) is 31.2 Å². The molecule has 6 heteroatoms. The first kappa shape index (κ1) is 22.3. The summed E-state index contributed by atoms with van der Waals surface area (Å²) in [5.41, 5.74) is 3.88. The van der Waals surface area contributed by atoms with Crippen molar-refractivity contribution in [2.75, 3.05) is 16.8 Å². The number of carbonyl (C=O) groups excluding carboxylic acids is 2. The highest BCUT2D eigenvalue weighted by Gasteiger charge is 2.41. The summed E-state index contributed by atoms with van der Waals surface area (Å²) in [7, 11) is 0. The van der Waals surface area contributed by atoms with Crippen molar-refractivity contribution in [3.8, 4) is 5.75 Å². The average molecular weight is 445 g/mol. The molecule has 0 fully saturated rings. The van der Waals surface area contributed by atoms with Crippen LogP contribution in [0.2, 0.25) is 0 Å². The van der Waals surface area contributed by atoms with Crippen LogP contribution in [0.15, 0.2) is 72.4 Å². The minimum atomic E-state index is -0.459. The van der Waals surface area contributed by atoms with Gasteiger partial charge in [-0.15, -0.1) is 0 Å². The van der Waals surface area contributed by atoms with Crippen molar-refractivity contribution >= 4 is 28.8 Å². The largest absolute Gasteiger partial charge is 0.494 e. The molecule has 0 atom stereocenters. The van der Waals surface area contributed by atoms with Gasteiger partial charge in [0, 0.05) is 5.69 Å². The molecule has 1 heterocycles. The van der Waals surface area contributed by atoms with Gasteiger partial charge in [0.05, 0.1) is 17.9 Å². The van der Waals surface area contributed by atoms with E-state index in [2.05, 4.69) is 5.32 Å². The van der Waals surface area contributed by atoms with Crippen LogP contribution in [0.25, 0.3) is 5.57 Å². The molecular formula is C27H25FN2O3. The molecule has 5 nitrogen and oxygen atoms in total. The van der Waals surface area contributed by atoms with E-state index in [1.807, 2.05) is 32.9 Å². The van der Waals surface area contributed by atoms with Crippen LogP contribution in [-0.4, -0.2) is 18.4 Å². The number of nitrogens with zero attached hydrogens (tertiary/aromatic N) is 1. The van der Waals surface area contributed by atoms with Crippen molar-refractivity contribution in [1.82, 2.24) is 0 Å². The lowest BCUT2D eigenvalue weighted by Crippen LogP contribution is -2.33. The van der Waals surface area contributed by atoms with Crippen LogP contribution in [0.5, 0.6) is 5.75 Å². The summed E-state index contributed by atoms with van der Waals surface area (Å²) < 4.78 is 19.0. The Morgan fingerprint density at radius 2 is 1.61 bits per heavy atom. The fourth-order valence-electron chi connectivity index (χ4n) is 3.73. The molecule has 0 bridgehead atoms. The predicted molar refractivity (Wildman–Crippen MR) is 128 cm³/mol. The zero-order chi connectivity index (χ0) is 23.5. The lowest BCUT2D eigenvalue weighted by Gasteiger charge is -2.19. The number of amides is 2. The Labute approximate surface area is 192 Å². The summed E-state index contributed by atoms with van der Waals surface area (Å²) in [4.78, 5) is 28.3. The highest BCUT2D eigenvalue weighted by Crippen LogP contribution is 2.36. The van der Waals surface area contributed by atoms with E-state index < -0.39 is 11.8 Å². The molecule has 0 aliphatic carbocycles. The molecule has 168 valence electrons. The number of hydrogen-bond acceptors (Lipinski definition) is 4. The molecular weight excluding hydrogens is 419 g/mol. The Kier molecular flexibility index (Phi) is 6.27. The van der Waals surface area contributed by atoms with Crippen LogP contribution >= 0.6 is 0 Å². The van der Waals surface area contributed by atoms with E-state index in [0.29, 0.717) is 29.3 Å². The highest BCUT2D eigenvalue weighted by molar-refractivity contribution is 6.46. The lowest BCUT2D eigenvalue weighted by atomic mass is 10.0. The van der Waals surface area contributed by atoms with E-state index >= 15 is 0 Å². The van der Waals surface area contributed by atoms with Crippen molar-refractivity contribution in [3.05, 3.63) is 94.9 Å². The molecule has 4 rings (SSSR count). The molecule has 3 aromatic carbocycles. The Balaban J connectivity index is 1.78. The second-order valence-electron chi connectivity index (χ2n) is 7.92. The van der Waals surface area contributed by atoms with Crippen LogP contribution in [-0.2, 0) is 9.59 Å². The van der Waals surface area contributed by atoms with E-state index in [9.17, 15) is 14.0 Å². The van der Waals surface area contributed by atoms with Gasteiger partial charge in [-0.05, 0) is 79.4 Å². The SMILES string of the molecule is CCCOc1ccc(C2=C(Nc3ccc(F)cc3)C(=O)N(c3cccc(C)c3C)C2=O)cc1. The van der Waals surface area contributed by atoms with Gasteiger partial charge in [0.15, 0.2) is 0 Å². The first-order chi connectivity index (χ1) is 15.9. The number of rotatable bonds is 7. The molecule has 0 saturated heterocycles. The van der Waals surface area contributed by atoms with Crippen LogP contribution in [0.3, 0.4) is 0 Å². The quantitative estimate of drug-likeness (QED) is 0.480. The highest BCUT2D eigenvalue weighted by atomic mass is 19.1. The molecule has 0 aromatic heterocycles. The molecule has 1 aliphatic rings. The van der Waals surface area contributed by atoms with E-state index in [0.717, 1.165) is 17.5 Å². The first-order valence-electron chi connectivity index (χ1n) is 10.9. The van der Waals surface area contributed by atoms with Gasteiger partial charge >= 0.3 is 0 Å². The number of aryl methyl sites for hydroxylation is 1. The minimum Gasteiger partial charge on any atom is -0.494 e. The lowest BCUT2D eigenvalue weighted by molar-refractivity contribution is -0.120. The third-order valence-corrected chi connectivity index (χ3v) is 5.63. The molecule has 0 spiro atoms. The standard InChI is InChI=1S/C27H25FN2O3/c1-4-16-33-22-14-8-19(9-15-22)24-25(29-21-12-10-20(28)11-13-21)27(32)30(26(24)31)23-7-5-6-17(2)18(23)3/h5-15,29H,4,16H2,1-3H3. The van der Waals surface area contributed by atoms with Crippen molar-refractivity contribution < 1.29 is 18.7 Å². The van der Waals surface area contributed by atoms with E-state index in [1.165, 1.54) is 29.2 Å². The summed E-state index contributed by atoms with van der Waals surface area (Å²) in [6.07, 6.45) is 0.885. The monoisotopic (exact) mass is 444 g/mol. The van der Waals surface area contributed by atoms with E-state index in [1.54, 1.807) is 30.3 Å². The fourth-order valence-corrected chi connectivity index (χ4v) is 3.73. The Morgan fingerprint density at radius 1 is 0.909 bits per heavy atom. The van der Waals surface area contributed by atoms with Gasteiger partial charge in [-0.3, -0.25) is 9.59 Å². The summed E-state index contributed by atoms with van der Waals surface area (Å²) in [6.45, 7) is 6.44. The maximum absolute atomic E-state index is 13.6. The molecule has 1 aliphatic heterocycles. The molecule has 0 radical (unpaired) electrons. The number of nitrogens with one attached hydrogen (secondary N) is 1. The number of ether oxygens (including phenoxy) is 1. The Bertz CT molecular complexity index is 1230. The number of carbonyl (C=O) groups is 2. The number of halogens is 1. The smallest absolute Gasteiger partial charge is 0.282 e. The first-order valence-corrected chi connectivity index (χ1v) is 10.9. The number of anilines is 2. The third-order valence-electron chi connectivity index (χ3n) is 5.63. The van der Waals surface area contributed by atoms with Crippen LogP contribution in [0.1, 0.15) is 30.0 Å². The van der Waals surface area contributed by atoms with Crippen LogP contribution in [0.4, 0.5) is 15.8 Å². The fraction of sp³-hybridized carbons (Fsp3) is 0.185. The number of imide groups is 1. The van der Waals surface area contributed by atoms with Gasteiger partial charge in [0.2, 0.25) is 0 Å². The van der Waals surface area contributed by atoms with E-state index in [4.69, 9.17) is 4.74 Å². The zero-order valence-electron chi connectivity index (χ0n) is 18.8. The molecule has 0 unspecified atom stereocenters.